The molecular weight excluding hydrogens is 318 g/mol. The third-order valence-electron chi connectivity index (χ3n) is 4.58. The highest BCUT2D eigenvalue weighted by Crippen LogP contribution is 2.31. The average molecular weight is 337 g/mol. The second kappa shape index (κ2) is 6.51. The highest BCUT2D eigenvalue weighted by molar-refractivity contribution is 5.94. The van der Waals surface area contributed by atoms with Gasteiger partial charge in [-0.2, -0.15) is 5.10 Å². The van der Waals surface area contributed by atoms with Crippen molar-refractivity contribution >= 4 is 11.6 Å². The zero-order valence-corrected chi connectivity index (χ0v) is 14.0. The van der Waals surface area contributed by atoms with Gasteiger partial charge in [-0.1, -0.05) is 0 Å². The lowest BCUT2D eigenvalue weighted by Gasteiger charge is -2.35. The molecule has 0 saturated carbocycles. The minimum Gasteiger partial charge on any atom is -0.481 e. The monoisotopic (exact) mass is 337 g/mol. The molecule has 3 aromatic heterocycles. The molecule has 1 saturated heterocycles. The van der Waals surface area contributed by atoms with Crippen LogP contribution in [0, 0.1) is 0 Å². The fourth-order valence-electron chi connectivity index (χ4n) is 3.29. The maximum absolute atomic E-state index is 13.0. The van der Waals surface area contributed by atoms with Gasteiger partial charge in [0.15, 0.2) is 5.65 Å². The summed E-state index contributed by atoms with van der Waals surface area (Å²) in [6.07, 6.45) is 8.18. The summed E-state index contributed by atoms with van der Waals surface area (Å²) in [6, 6.07) is 7.26. The summed E-state index contributed by atoms with van der Waals surface area (Å²) in [5, 5.41) is 4.18. The maximum Gasteiger partial charge on any atom is 0.255 e. The van der Waals surface area contributed by atoms with Crippen molar-refractivity contribution in [1.82, 2.24) is 24.5 Å². The first kappa shape index (κ1) is 15.6. The van der Waals surface area contributed by atoms with E-state index in [1.54, 1.807) is 36.2 Å². The van der Waals surface area contributed by atoms with E-state index in [1.165, 1.54) is 0 Å². The Balaban J connectivity index is 1.64. The molecule has 4 heterocycles. The topological polar surface area (TPSA) is 72.6 Å². The lowest BCUT2D eigenvalue weighted by Crippen LogP contribution is -2.39. The van der Waals surface area contributed by atoms with Gasteiger partial charge in [0.25, 0.3) is 5.91 Å². The fourth-order valence-corrected chi connectivity index (χ4v) is 3.29. The molecule has 7 nitrogen and oxygen atoms in total. The van der Waals surface area contributed by atoms with Crippen molar-refractivity contribution in [3.63, 3.8) is 0 Å². The van der Waals surface area contributed by atoms with Crippen LogP contribution in [0.5, 0.6) is 5.88 Å². The van der Waals surface area contributed by atoms with E-state index in [1.807, 2.05) is 23.2 Å². The molecule has 128 valence electrons. The first-order chi connectivity index (χ1) is 12.3. The number of hydrogen-bond acceptors (Lipinski definition) is 5. The predicted octanol–water partition coefficient (Wildman–Crippen LogP) is 2.50. The number of carbonyl (C=O) groups is 1. The van der Waals surface area contributed by atoms with Gasteiger partial charge < -0.3 is 9.64 Å². The normalized spacial score (nSPS) is 17.6. The smallest absolute Gasteiger partial charge is 0.255 e. The number of carbonyl (C=O) groups excluding carboxylic acids is 1. The minimum absolute atomic E-state index is 0.0185. The molecule has 0 aliphatic carbocycles. The van der Waals surface area contributed by atoms with Crippen molar-refractivity contribution in [2.75, 3.05) is 13.7 Å². The van der Waals surface area contributed by atoms with Gasteiger partial charge in [-0.05, 0) is 31.4 Å². The Morgan fingerprint density at radius 1 is 1.24 bits per heavy atom. The molecule has 0 radical (unpaired) electrons. The third-order valence-corrected chi connectivity index (χ3v) is 4.58. The highest BCUT2D eigenvalue weighted by Gasteiger charge is 2.30. The van der Waals surface area contributed by atoms with E-state index in [2.05, 4.69) is 15.1 Å². The fraction of sp³-hybridized carbons (Fsp3) is 0.333. The Bertz CT molecular complexity index is 890. The van der Waals surface area contributed by atoms with Gasteiger partial charge in [-0.25, -0.2) is 14.5 Å². The van der Waals surface area contributed by atoms with Crippen molar-refractivity contribution in [2.24, 2.45) is 0 Å². The molecule has 0 N–H and O–H groups in total. The van der Waals surface area contributed by atoms with Crippen LogP contribution in [0.25, 0.3) is 5.65 Å². The first-order valence-electron chi connectivity index (χ1n) is 8.37. The third kappa shape index (κ3) is 2.93. The molecule has 0 spiro atoms. The number of rotatable bonds is 3. The van der Waals surface area contributed by atoms with E-state index in [-0.39, 0.29) is 11.9 Å². The number of fused-ring (bicyclic) bond motifs is 1. The summed E-state index contributed by atoms with van der Waals surface area (Å²) in [6.45, 7) is 0.724. The number of methoxy groups -OCH3 is 1. The lowest BCUT2D eigenvalue weighted by atomic mass is 9.98. The molecule has 0 aromatic carbocycles. The number of amides is 1. The van der Waals surface area contributed by atoms with Crippen LogP contribution in [0.4, 0.5) is 0 Å². The summed E-state index contributed by atoms with van der Waals surface area (Å²) in [5.74, 6) is 0.481. The van der Waals surface area contributed by atoms with Crippen molar-refractivity contribution in [1.29, 1.82) is 0 Å². The number of aromatic nitrogens is 4. The Morgan fingerprint density at radius 3 is 2.96 bits per heavy atom. The van der Waals surface area contributed by atoms with Crippen LogP contribution in [0.15, 0.2) is 42.9 Å². The molecule has 1 atom stereocenters. The largest absolute Gasteiger partial charge is 0.481 e. The molecule has 1 amide bonds. The second-order valence-corrected chi connectivity index (χ2v) is 6.09. The second-order valence-electron chi connectivity index (χ2n) is 6.09. The van der Waals surface area contributed by atoms with Gasteiger partial charge in [-0.15, -0.1) is 0 Å². The van der Waals surface area contributed by atoms with Crippen LogP contribution in [-0.4, -0.2) is 44.0 Å². The van der Waals surface area contributed by atoms with Crippen molar-refractivity contribution in [2.45, 2.75) is 25.3 Å². The molecule has 1 unspecified atom stereocenters. The van der Waals surface area contributed by atoms with Crippen molar-refractivity contribution in [3.05, 3.63) is 54.1 Å². The number of ether oxygens (including phenoxy) is 1. The Morgan fingerprint density at radius 2 is 2.16 bits per heavy atom. The SMILES string of the molecule is COc1ccc(C(=O)N2CCCCC2c2ccn3nccc3n2)cn1. The molecular formula is C18H19N5O2. The van der Waals surface area contributed by atoms with Gasteiger partial charge in [0.2, 0.25) is 5.88 Å². The number of piperidine rings is 1. The van der Waals surface area contributed by atoms with E-state index in [4.69, 9.17) is 4.74 Å². The van der Waals surface area contributed by atoms with E-state index in [0.717, 1.165) is 37.1 Å². The quantitative estimate of drug-likeness (QED) is 0.734. The highest BCUT2D eigenvalue weighted by atomic mass is 16.5. The van der Waals surface area contributed by atoms with E-state index in [0.29, 0.717) is 11.4 Å². The van der Waals surface area contributed by atoms with Crippen LogP contribution < -0.4 is 4.74 Å². The number of nitrogens with zero attached hydrogens (tertiary/aromatic N) is 5. The molecule has 1 fully saturated rings. The number of hydrogen-bond donors (Lipinski definition) is 0. The van der Waals surface area contributed by atoms with Gasteiger partial charge >= 0.3 is 0 Å². The average Bonchev–Trinajstić information content (AvgIpc) is 3.15. The van der Waals surface area contributed by atoms with Crippen LogP contribution in [0.2, 0.25) is 0 Å². The summed E-state index contributed by atoms with van der Waals surface area (Å²) in [7, 11) is 1.56. The zero-order chi connectivity index (χ0) is 17.2. The van der Waals surface area contributed by atoms with Crippen LogP contribution in [0.1, 0.15) is 41.4 Å². The van der Waals surface area contributed by atoms with Crippen LogP contribution >= 0.6 is 0 Å². The summed E-state index contributed by atoms with van der Waals surface area (Å²) >= 11 is 0. The van der Waals surface area contributed by atoms with E-state index in [9.17, 15) is 4.79 Å². The van der Waals surface area contributed by atoms with Gasteiger partial charge in [0, 0.05) is 31.1 Å². The lowest BCUT2D eigenvalue weighted by molar-refractivity contribution is 0.0605. The molecule has 0 bridgehead atoms. The van der Waals surface area contributed by atoms with E-state index < -0.39 is 0 Å². The minimum atomic E-state index is -0.0248. The molecule has 1 aliphatic rings. The van der Waals surface area contributed by atoms with Crippen LogP contribution in [0.3, 0.4) is 0 Å². The summed E-state index contributed by atoms with van der Waals surface area (Å²) < 4.78 is 6.79. The van der Waals surface area contributed by atoms with Gasteiger partial charge in [0.05, 0.1) is 30.6 Å². The standard InChI is InChI=1S/C18H19N5O2/c1-25-17-6-5-13(12-19-17)18(24)22-10-3-2-4-15(22)14-8-11-23-16(21-14)7-9-20-23/h5-9,11-12,15H,2-4,10H2,1H3. The Kier molecular flexibility index (Phi) is 4.05. The summed E-state index contributed by atoms with van der Waals surface area (Å²) in [4.78, 5) is 23.7. The number of likely N-dealkylation sites (tertiary alicyclic amines) is 1. The number of pyridine rings is 1. The molecule has 4 rings (SSSR count). The summed E-state index contributed by atoms with van der Waals surface area (Å²) in [5.41, 5.74) is 2.27. The van der Waals surface area contributed by atoms with E-state index >= 15 is 0 Å². The first-order valence-corrected chi connectivity index (χ1v) is 8.37. The Hall–Kier alpha value is -2.96. The molecule has 25 heavy (non-hydrogen) atoms. The van der Waals surface area contributed by atoms with Crippen molar-refractivity contribution in [3.8, 4) is 5.88 Å². The maximum atomic E-state index is 13.0. The van der Waals surface area contributed by atoms with Gasteiger partial charge in [0.1, 0.15) is 0 Å². The van der Waals surface area contributed by atoms with Crippen LogP contribution in [-0.2, 0) is 0 Å². The predicted molar refractivity (Wildman–Crippen MR) is 91.4 cm³/mol. The van der Waals surface area contributed by atoms with Crippen molar-refractivity contribution < 1.29 is 9.53 Å². The molecule has 7 heteroatoms. The van der Waals surface area contributed by atoms with Gasteiger partial charge in [-0.3, -0.25) is 4.79 Å². The molecule has 3 aromatic rings. The zero-order valence-electron chi connectivity index (χ0n) is 14.0. The molecule has 1 aliphatic heterocycles. The Labute approximate surface area is 145 Å².